The lowest BCUT2D eigenvalue weighted by molar-refractivity contribution is 0.291. The molecule has 19 heavy (non-hydrogen) atoms. The molecule has 0 radical (unpaired) electrons. The third kappa shape index (κ3) is 3.32. The highest BCUT2D eigenvalue weighted by molar-refractivity contribution is 9.10. The molecule has 2 rings (SSSR count). The van der Waals surface area contributed by atoms with Crippen molar-refractivity contribution in [2.45, 2.75) is 42.0 Å². The molecular formula is C13H17BrClNO2S. The van der Waals surface area contributed by atoms with Gasteiger partial charge in [0, 0.05) is 17.6 Å². The van der Waals surface area contributed by atoms with Gasteiger partial charge in [-0.15, -0.1) is 11.6 Å². The standard InChI is InChI=1S/C13H17BrClNO2S/c1-16(13-8-3-2-7-12(13)15)19(17,18)11-6-4-5-10(14)9-11/h4-6,9,12-13H,2-3,7-8H2,1H3. The van der Waals surface area contributed by atoms with Crippen molar-refractivity contribution in [3.05, 3.63) is 28.7 Å². The van der Waals surface area contributed by atoms with Crippen molar-refractivity contribution in [2.75, 3.05) is 7.05 Å². The predicted octanol–water partition coefficient (Wildman–Crippen LogP) is 3.62. The van der Waals surface area contributed by atoms with Crippen molar-refractivity contribution in [2.24, 2.45) is 0 Å². The zero-order valence-electron chi connectivity index (χ0n) is 10.7. The zero-order valence-corrected chi connectivity index (χ0v) is 13.9. The Balaban J connectivity index is 2.28. The molecule has 0 saturated heterocycles. The Morgan fingerprint density at radius 2 is 2.00 bits per heavy atom. The van der Waals surface area contributed by atoms with E-state index in [9.17, 15) is 8.42 Å². The first-order valence-electron chi connectivity index (χ1n) is 6.30. The quantitative estimate of drug-likeness (QED) is 0.766. The van der Waals surface area contributed by atoms with E-state index in [0.29, 0.717) is 4.90 Å². The minimum atomic E-state index is -3.48. The summed E-state index contributed by atoms with van der Waals surface area (Å²) in [5.41, 5.74) is 0. The molecule has 1 aromatic rings. The van der Waals surface area contributed by atoms with Gasteiger partial charge in [-0.25, -0.2) is 8.42 Å². The summed E-state index contributed by atoms with van der Waals surface area (Å²) in [5.74, 6) is 0. The molecule has 0 N–H and O–H groups in total. The molecule has 0 spiro atoms. The Morgan fingerprint density at radius 1 is 1.32 bits per heavy atom. The van der Waals surface area contributed by atoms with Crippen molar-refractivity contribution in [1.82, 2.24) is 4.31 Å². The van der Waals surface area contributed by atoms with E-state index < -0.39 is 10.0 Å². The third-order valence-electron chi connectivity index (χ3n) is 3.59. The van der Waals surface area contributed by atoms with Crippen molar-refractivity contribution < 1.29 is 8.42 Å². The largest absolute Gasteiger partial charge is 0.243 e. The third-order valence-corrected chi connectivity index (χ3v) is 6.47. The first-order valence-corrected chi connectivity index (χ1v) is 8.97. The monoisotopic (exact) mass is 365 g/mol. The molecule has 3 nitrogen and oxygen atoms in total. The lowest BCUT2D eigenvalue weighted by Crippen LogP contribution is -2.44. The normalized spacial score (nSPS) is 24.6. The molecular weight excluding hydrogens is 350 g/mol. The van der Waals surface area contributed by atoms with Gasteiger partial charge in [-0.05, 0) is 31.0 Å². The van der Waals surface area contributed by atoms with Gasteiger partial charge in [-0.1, -0.05) is 34.8 Å². The molecule has 1 aromatic carbocycles. The van der Waals surface area contributed by atoms with E-state index in [1.807, 2.05) is 6.07 Å². The second-order valence-corrected chi connectivity index (χ2v) is 8.32. The van der Waals surface area contributed by atoms with E-state index in [1.165, 1.54) is 4.31 Å². The Kier molecular flexibility index (Phi) is 4.93. The van der Waals surface area contributed by atoms with Gasteiger partial charge in [0.1, 0.15) is 0 Å². The summed E-state index contributed by atoms with van der Waals surface area (Å²) in [4.78, 5) is 0.304. The maximum Gasteiger partial charge on any atom is 0.243 e. The lowest BCUT2D eigenvalue weighted by Gasteiger charge is -2.34. The molecule has 1 aliphatic rings. The van der Waals surface area contributed by atoms with E-state index >= 15 is 0 Å². The highest BCUT2D eigenvalue weighted by atomic mass is 79.9. The van der Waals surface area contributed by atoms with Crippen LogP contribution in [0, 0.1) is 0 Å². The van der Waals surface area contributed by atoms with Crippen LogP contribution in [0.15, 0.2) is 33.6 Å². The number of benzene rings is 1. The van der Waals surface area contributed by atoms with Crippen molar-refractivity contribution in [3.63, 3.8) is 0 Å². The number of hydrogen-bond donors (Lipinski definition) is 0. The van der Waals surface area contributed by atoms with Gasteiger partial charge in [-0.3, -0.25) is 0 Å². The molecule has 2 unspecified atom stereocenters. The van der Waals surface area contributed by atoms with Crippen LogP contribution in [0.4, 0.5) is 0 Å². The highest BCUT2D eigenvalue weighted by Crippen LogP contribution is 2.30. The molecule has 0 heterocycles. The summed E-state index contributed by atoms with van der Waals surface area (Å²) in [5, 5.41) is -0.0966. The van der Waals surface area contributed by atoms with Gasteiger partial charge in [0.2, 0.25) is 10.0 Å². The van der Waals surface area contributed by atoms with Crippen LogP contribution >= 0.6 is 27.5 Å². The minimum Gasteiger partial charge on any atom is -0.207 e. The maximum absolute atomic E-state index is 12.6. The number of rotatable bonds is 3. The molecule has 2 atom stereocenters. The number of sulfonamides is 1. The van der Waals surface area contributed by atoms with Gasteiger partial charge in [0.25, 0.3) is 0 Å². The van der Waals surface area contributed by atoms with Crippen LogP contribution in [-0.4, -0.2) is 31.2 Å². The van der Waals surface area contributed by atoms with Gasteiger partial charge >= 0.3 is 0 Å². The van der Waals surface area contributed by atoms with Crippen LogP contribution in [-0.2, 0) is 10.0 Å². The number of alkyl halides is 1. The summed E-state index contributed by atoms with van der Waals surface area (Å²) >= 11 is 9.59. The molecule has 0 bridgehead atoms. The Morgan fingerprint density at radius 3 is 2.63 bits per heavy atom. The summed E-state index contributed by atoms with van der Waals surface area (Å²) in [6, 6.07) is 6.66. The minimum absolute atomic E-state index is 0.0966. The average molecular weight is 367 g/mol. The van der Waals surface area contributed by atoms with Gasteiger partial charge in [0.05, 0.1) is 10.3 Å². The molecule has 106 valence electrons. The van der Waals surface area contributed by atoms with E-state index in [-0.39, 0.29) is 11.4 Å². The van der Waals surface area contributed by atoms with Crippen LogP contribution in [0.25, 0.3) is 0 Å². The van der Waals surface area contributed by atoms with E-state index in [1.54, 1.807) is 25.2 Å². The Labute approximate surface area is 128 Å². The lowest BCUT2D eigenvalue weighted by atomic mass is 9.95. The topological polar surface area (TPSA) is 37.4 Å². The summed E-state index contributed by atoms with van der Waals surface area (Å²) in [6.07, 6.45) is 3.82. The molecule has 6 heteroatoms. The van der Waals surface area contributed by atoms with Gasteiger partial charge in [0.15, 0.2) is 0 Å². The predicted molar refractivity (Wildman–Crippen MR) is 81.0 cm³/mol. The van der Waals surface area contributed by atoms with Gasteiger partial charge in [-0.2, -0.15) is 4.31 Å². The fourth-order valence-corrected chi connectivity index (χ4v) is 4.98. The van der Waals surface area contributed by atoms with Gasteiger partial charge < -0.3 is 0 Å². The SMILES string of the molecule is CN(C1CCCCC1Cl)S(=O)(=O)c1cccc(Br)c1. The smallest absolute Gasteiger partial charge is 0.207 e. The Bertz CT molecular complexity index is 549. The van der Waals surface area contributed by atoms with Crippen LogP contribution in [0.1, 0.15) is 25.7 Å². The second kappa shape index (κ2) is 6.12. The van der Waals surface area contributed by atoms with Crippen molar-refractivity contribution >= 4 is 37.6 Å². The zero-order chi connectivity index (χ0) is 14.0. The molecule has 0 aliphatic heterocycles. The second-order valence-electron chi connectivity index (χ2n) is 4.85. The maximum atomic E-state index is 12.6. The molecule has 0 amide bonds. The summed E-state index contributed by atoms with van der Waals surface area (Å²) in [7, 11) is -1.85. The van der Waals surface area contributed by atoms with Crippen molar-refractivity contribution in [1.29, 1.82) is 0 Å². The molecule has 0 aromatic heterocycles. The summed E-state index contributed by atoms with van der Waals surface area (Å²) < 4.78 is 27.3. The molecule has 1 fully saturated rings. The van der Waals surface area contributed by atoms with Crippen LogP contribution in [0.3, 0.4) is 0 Å². The van der Waals surface area contributed by atoms with Crippen LogP contribution in [0.5, 0.6) is 0 Å². The average Bonchev–Trinajstić information content (AvgIpc) is 2.38. The fourth-order valence-electron chi connectivity index (χ4n) is 2.45. The van der Waals surface area contributed by atoms with E-state index in [0.717, 1.165) is 30.2 Å². The number of hydrogen-bond acceptors (Lipinski definition) is 2. The Hall–Kier alpha value is -0.100. The number of halogens is 2. The van der Waals surface area contributed by atoms with E-state index in [4.69, 9.17) is 11.6 Å². The highest BCUT2D eigenvalue weighted by Gasteiger charge is 2.34. The summed E-state index contributed by atoms with van der Waals surface area (Å²) in [6.45, 7) is 0. The first-order chi connectivity index (χ1) is 8.93. The fraction of sp³-hybridized carbons (Fsp3) is 0.538. The number of nitrogens with zero attached hydrogens (tertiary/aromatic N) is 1. The first kappa shape index (κ1) is 15.3. The van der Waals surface area contributed by atoms with Crippen LogP contribution in [0.2, 0.25) is 0 Å². The molecule has 1 saturated carbocycles. The molecule has 1 aliphatic carbocycles. The van der Waals surface area contributed by atoms with Crippen molar-refractivity contribution in [3.8, 4) is 0 Å². The van der Waals surface area contributed by atoms with Crippen LogP contribution < -0.4 is 0 Å². The van der Waals surface area contributed by atoms with E-state index in [2.05, 4.69) is 15.9 Å².